The van der Waals surface area contributed by atoms with Crippen LogP contribution in [0.4, 0.5) is 0 Å². The lowest BCUT2D eigenvalue weighted by Gasteiger charge is -2.53. The van der Waals surface area contributed by atoms with Gasteiger partial charge in [-0.1, -0.05) is 26.8 Å². The summed E-state index contributed by atoms with van der Waals surface area (Å²) >= 11 is 0. The van der Waals surface area contributed by atoms with Crippen LogP contribution in [0.3, 0.4) is 0 Å². The average Bonchev–Trinajstić information content (AvgIpc) is 2.51. The van der Waals surface area contributed by atoms with Crippen LogP contribution in [0.1, 0.15) is 63.6 Å². The molecule has 4 heteroatoms. The molecule has 0 unspecified atom stereocenters. The van der Waals surface area contributed by atoms with E-state index >= 15 is 0 Å². The predicted octanol–water partition coefficient (Wildman–Crippen LogP) is 3.29. The Balaban J connectivity index is 2.05. The van der Waals surface area contributed by atoms with Crippen molar-refractivity contribution in [1.82, 2.24) is 9.97 Å². The van der Waals surface area contributed by atoms with Gasteiger partial charge in [-0.25, -0.2) is 0 Å². The van der Waals surface area contributed by atoms with Gasteiger partial charge in [-0.05, 0) is 55.0 Å². The Morgan fingerprint density at radius 3 is 2.33 bits per heavy atom. The predicted molar refractivity (Wildman–Crippen MR) is 93.7 cm³/mol. The molecule has 128 valence electrons. The fraction of sp³-hybridized carbons (Fsp3) is 0.500. The van der Waals surface area contributed by atoms with E-state index < -0.39 is 17.1 Å². The molecule has 1 fully saturated rings. The monoisotopic (exact) mass is 326 g/mol. The van der Waals surface area contributed by atoms with Crippen molar-refractivity contribution in [2.75, 3.05) is 0 Å². The van der Waals surface area contributed by atoms with Gasteiger partial charge in [-0.2, -0.15) is 0 Å². The summed E-state index contributed by atoms with van der Waals surface area (Å²) in [6, 6.07) is 9.61. The van der Waals surface area contributed by atoms with Crippen molar-refractivity contribution < 1.29 is 10.2 Å². The van der Waals surface area contributed by atoms with Crippen LogP contribution in [0.5, 0.6) is 0 Å². The van der Waals surface area contributed by atoms with Crippen LogP contribution >= 0.6 is 0 Å². The largest absolute Gasteiger partial charge is 0.390 e. The van der Waals surface area contributed by atoms with Gasteiger partial charge in [0.15, 0.2) is 0 Å². The van der Waals surface area contributed by atoms with Crippen LogP contribution in [-0.2, 0) is 10.8 Å². The number of nitrogens with zero attached hydrogens (tertiary/aromatic N) is 2. The maximum absolute atomic E-state index is 11.1. The first-order valence-corrected chi connectivity index (χ1v) is 8.43. The molecule has 4 nitrogen and oxygen atoms in total. The maximum Gasteiger partial charge on any atom is 0.107 e. The van der Waals surface area contributed by atoms with Crippen LogP contribution < -0.4 is 0 Å². The first kappa shape index (κ1) is 17.1. The van der Waals surface area contributed by atoms with Crippen LogP contribution in [0.2, 0.25) is 0 Å². The summed E-state index contributed by atoms with van der Waals surface area (Å²) in [5, 5.41) is 21.4. The number of aromatic nitrogens is 2. The third kappa shape index (κ3) is 2.96. The Morgan fingerprint density at radius 1 is 1.08 bits per heavy atom. The van der Waals surface area contributed by atoms with Crippen molar-refractivity contribution >= 4 is 0 Å². The molecule has 3 rings (SSSR count). The van der Waals surface area contributed by atoms with Crippen LogP contribution in [0, 0.1) is 0 Å². The Kier molecular flexibility index (Phi) is 4.01. The molecule has 0 spiro atoms. The molecule has 0 saturated heterocycles. The van der Waals surface area contributed by atoms with E-state index in [0.717, 1.165) is 5.69 Å². The molecular weight excluding hydrogens is 300 g/mol. The highest BCUT2D eigenvalue weighted by Gasteiger charge is 2.57. The van der Waals surface area contributed by atoms with Gasteiger partial charge in [0.25, 0.3) is 0 Å². The second-order valence-electron chi connectivity index (χ2n) is 8.34. The van der Waals surface area contributed by atoms with E-state index in [9.17, 15) is 10.2 Å². The van der Waals surface area contributed by atoms with Gasteiger partial charge in [0, 0.05) is 17.8 Å². The lowest BCUT2D eigenvalue weighted by Crippen LogP contribution is -2.56. The molecule has 1 atom stereocenters. The Hall–Kier alpha value is -1.78. The summed E-state index contributed by atoms with van der Waals surface area (Å²) in [6.45, 7) is 8.28. The van der Waals surface area contributed by atoms with E-state index in [4.69, 9.17) is 0 Å². The number of hydrogen-bond acceptors (Lipinski definition) is 4. The van der Waals surface area contributed by atoms with E-state index in [-0.39, 0.29) is 5.41 Å². The SMILES string of the molecule is CC1(O)CC(c2cc(C(C)(C)C)ccn2)([C@H](O)c2ccccn2)C1. The van der Waals surface area contributed by atoms with Crippen LogP contribution in [0.15, 0.2) is 42.7 Å². The second-order valence-corrected chi connectivity index (χ2v) is 8.34. The third-order valence-corrected chi connectivity index (χ3v) is 5.02. The van der Waals surface area contributed by atoms with Crippen molar-refractivity contribution in [3.05, 3.63) is 59.7 Å². The van der Waals surface area contributed by atoms with E-state index in [1.165, 1.54) is 5.56 Å². The van der Waals surface area contributed by atoms with Gasteiger partial charge in [-0.3, -0.25) is 9.97 Å². The standard InChI is InChI=1S/C20H26N2O2/c1-18(2,3)14-8-10-22-16(11-14)20(12-19(4,24)13-20)17(23)15-7-5-6-9-21-15/h5-11,17,23-24H,12-13H2,1-4H3/t17-,19?,20?/m1/s1. The summed E-state index contributed by atoms with van der Waals surface area (Å²) < 4.78 is 0. The highest BCUT2D eigenvalue weighted by atomic mass is 16.3. The number of aliphatic hydroxyl groups is 2. The highest BCUT2D eigenvalue weighted by Crippen LogP contribution is 2.56. The van der Waals surface area contributed by atoms with Gasteiger partial charge < -0.3 is 10.2 Å². The van der Waals surface area contributed by atoms with Crippen molar-refractivity contribution in [2.24, 2.45) is 0 Å². The molecule has 2 N–H and O–H groups in total. The minimum absolute atomic E-state index is 0.00109. The van der Waals surface area contributed by atoms with Gasteiger partial charge in [0.05, 0.1) is 17.0 Å². The normalized spacial score (nSPS) is 28.2. The zero-order valence-corrected chi connectivity index (χ0v) is 14.8. The number of hydrogen-bond donors (Lipinski definition) is 2. The molecule has 0 aromatic carbocycles. The number of aliphatic hydroxyl groups excluding tert-OH is 1. The topological polar surface area (TPSA) is 66.2 Å². The fourth-order valence-corrected chi connectivity index (χ4v) is 3.81. The second kappa shape index (κ2) is 5.64. The summed E-state index contributed by atoms with van der Waals surface area (Å²) in [5.74, 6) is 0. The minimum Gasteiger partial charge on any atom is -0.390 e. The molecule has 1 aliphatic rings. The van der Waals surface area contributed by atoms with Crippen molar-refractivity contribution in [1.29, 1.82) is 0 Å². The Morgan fingerprint density at radius 2 is 1.79 bits per heavy atom. The summed E-state index contributed by atoms with van der Waals surface area (Å²) in [7, 11) is 0. The van der Waals surface area contributed by atoms with E-state index in [1.54, 1.807) is 12.4 Å². The van der Waals surface area contributed by atoms with Crippen molar-refractivity contribution in [2.45, 2.75) is 63.1 Å². The Labute approximate surface area is 143 Å². The van der Waals surface area contributed by atoms with Crippen LogP contribution in [0.25, 0.3) is 0 Å². The molecular formula is C20H26N2O2. The molecule has 2 aromatic rings. The molecule has 0 amide bonds. The van der Waals surface area contributed by atoms with E-state index in [0.29, 0.717) is 18.5 Å². The zero-order valence-electron chi connectivity index (χ0n) is 14.8. The van der Waals surface area contributed by atoms with E-state index in [1.807, 2.05) is 31.2 Å². The smallest absolute Gasteiger partial charge is 0.107 e. The maximum atomic E-state index is 11.1. The molecule has 1 aliphatic carbocycles. The molecule has 0 bridgehead atoms. The molecule has 2 heterocycles. The summed E-state index contributed by atoms with van der Waals surface area (Å²) in [4.78, 5) is 8.87. The Bertz CT molecular complexity index is 712. The number of rotatable bonds is 3. The lowest BCUT2D eigenvalue weighted by molar-refractivity contribution is -0.125. The van der Waals surface area contributed by atoms with Gasteiger partial charge in [0.1, 0.15) is 6.10 Å². The lowest BCUT2D eigenvalue weighted by atomic mass is 9.54. The highest BCUT2D eigenvalue weighted by molar-refractivity contribution is 5.35. The zero-order chi connectivity index (χ0) is 17.6. The molecule has 1 saturated carbocycles. The summed E-state index contributed by atoms with van der Waals surface area (Å²) in [5.41, 5.74) is 1.25. The summed E-state index contributed by atoms with van der Waals surface area (Å²) in [6.07, 6.45) is 3.64. The first-order valence-electron chi connectivity index (χ1n) is 8.43. The van der Waals surface area contributed by atoms with Gasteiger partial charge in [-0.15, -0.1) is 0 Å². The van der Waals surface area contributed by atoms with Gasteiger partial charge >= 0.3 is 0 Å². The fourth-order valence-electron chi connectivity index (χ4n) is 3.81. The first-order chi connectivity index (χ1) is 11.1. The van der Waals surface area contributed by atoms with E-state index in [2.05, 4.69) is 36.8 Å². The van der Waals surface area contributed by atoms with Gasteiger partial charge in [0.2, 0.25) is 0 Å². The molecule has 2 aromatic heterocycles. The quantitative estimate of drug-likeness (QED) is 0.908. The molecule has 24 heavy (non-hydrogen) atoms. The number of pyridine rings is 2. The average molecular weight is 326 g/mol. The van der Waals surface area contributed by atoms with Crippen molar-refractivity contribution in [3.8, 4) is 0 Å². The third-order valence-electron chi connectivity index (χ3n) is 5.02. The molecule has 0 radical (unpaired) electrons. The van der Waals surface area contributed by atoms with Crippen molar-refractivity contribution in [3.63, 3.8) is 0 Å². The molecule has 0 aliphatic heterocycles. The minimum atomic E-state index is -0.790. The van der Waals surface area contributed by atoms with Crippen LogP contribution in [-0.4, -0.2) is 25.8 Å².